The molecule has 0 aliphatic rings. The number of carbonyl (C=O) groups is 2. The van der Waals surface area contributed by atoms with Crippen molar-refractivity contribution in [3.05, 3.63) is 59.2 Å². The molecule has 0 spiro atoms. The van der Waals surface area contributed by atoms with Gasteiger partial charge in [-0.2, -0.15) is 5.26 Å². The zero-order valence-electron chi connectivity index (χ0n) is 14.3. The van der Waals surface area contributed by atoms with Crippen molar-refractivity contribution in [2.45, 2.75) is 26.9 Å². The Morgan fingerprint density at radius 2 is 1.92 bits per heavy atom. The molecule has 0 aliphatic carbocycles. The summed E-state index contributed by atoms with van der Waals surface area (Å²) in [4.78, 5) is 24.1. The van der Waals surface area contributed by atoms with Crippen LogP contribution in [0.5, 0.6) is 5.75 Å². The minimum atomic E-state index is -0.890. The summed E-state index contributed by atoms with van der Waals surface area (Å²) in [7, 11) is 0. The second kappa shape index (κ2) is 7.97. The van der Waals surface area contributed by atoms with Crippen molar-refractivity contribution in [1.82, 2.24) is 5.32 Å². The van der Waals surface area contributed by atoms with E-state index in [9.17, 15) is 9.59 Å². The predicted octanol–water partition coefficient (Wildman–Crippen LogP) is 3.29. The standard InChI is InChI=1S/C19H19N3O3/c1-12-7-8-17(13(2)9-12)21-19(24)22-18(23)14(3)25-16-6-4-5-15(10-16)11-20/h4-10,14H,1-3H3,(H2,21,22,23,24)/t14-/m1/s1. The number of anilines is 1. The first-order chi connectivity index (χ1) is 11.9. The molecule has 0 aromatic heterocycles. The van der Waals surface area contributed by atoms with E-state index < -0.39 is 18.0 Å². The number of hydrogen-bond acceptors (Lipinski definition) is 4. The van der Waals surface area contributed by atoms with E-state index in [1.54, 1.807) is 24.3 Å². The number of imide groups is 1. The highest BCUT2D eigenvalue weighted by Gasteiger charge is 2.18. The second-order valence-electron chi connectivity index (χ2n) is 5.66. The summed E-state index contributed by atoms with van der Waals surface area (Å²) < 4.78 is 5.47. The number of nitrogens with zero attached hydrogens (tertiary/aromatic N) is 1. The van der Waals surface area contributed by atoms with Gasteiger partial charge in [-0.05, 0) is 50.6 Å². The third-order valence-corrected chi connectivity index (χ3v) is 3.51. The van der Waals surface area contributed by atoms with E-state index >= 15 is 0 Å². The highest BCUT2D eigenvalue weighted by Crippen LogP contribution is 2.16. The summed E-state index contributed by atoms with van der Waals surface area (Å²) >= 11 is 0. The van der Waals surface area contributed by atoms with E-state index in [2.05, 4.69) is 10.6 Å². The van der Waals surface area contributed by atoms with E-state index in [0.717, 1.165) is 11.1 Å². The van der Waals surface area contributed by atoms with Crippen molar-refractivity contribution in [3.63, 3.8) is 0 Å². The maximum absolute atomic E-state index is 12.1. The quantitative estimate of drug-likeness (QED) is 0.895. The monoisotopic (exact) mass is 337 g/mol. The van der Waals surface area contributed by atoms with Gasteiger partial charge in [-0.15, -0.1) is 0 Å². The first-order valence-corrected chi connectivity index (χ1v) is 7.75. The van der Waals surface area contributed by atoms with E-state index in [0.29, 0.717) is 17.0 Å². The average Bonchev–Trinajstić information content (AvgIpc) is 2.57. The molecular weight excluding hydrogens is 318 g/mol. The third-order valence-electron chi connectivity index (χ3n) is 3.51. The van der Waals surface area contributed by atoms with Gasteiger partial charge in [-0.25, -0.2) is 4.79 Å². The number of amides is 3. The van der Waals surface area contributed by atoms with Gasteiger partial charge >= 0.3 is 6.03 Å². The molecule has 0 saturated carbocycles. The van der Waals surface area contributed by atoms with Crippen LogP contribution in [0.15, 0.2) is 42.5 Å². The number of benzene rings is 2. The van der Waals surface area contributed by atoms with Gasteiger partial charge in [0.25, 0.3) is 5.91 Å². The summed E-state index contributed by atoms with van der Waals surface area (Å²) in [6, 6.07) is 13.4. The van der Waals surface area contributed by atoms with Crippen molar-refractivity contribution in [2.75, 3.05) is 5.32 Å². The van der Waals surface area contributed by atoms with Crippen LogP contribution in [0.1, 0.15) is 23.6 Å². The molecule has 2 N–H and O–H groups in total. The van der Waals surface area contributed by atoms with Crippen molar-refractivity contribution in [1.29, 1.82) is 5.26 Å². The van der Waals surface area contributed by atoms with Gasteiger partial charge in [0.15, 0.2) is 6.10 Å². The molecule has 0 fully saturated rings. The van der Waals surface area contributed by atoms with Crippen LogP contribution >= 0.6 is 0 Å². The zero-order chi connectivity index (χ0) is 18.4. The van der Waals surface area contributed by atoms with E-state index in [4.69, 9.17) is 10.00 Å². The number of rotatable bonds is 4. The smallest absolute Gasteiger partial charge is 0.325 e. The number of nitriles is 1. The minimum absolute atomic E-state index is 0.386. The van der Waals surface area contributed by atoms with Crippen LogP contribution in [0.4, 0.5) is 10.5 Å². The maximum atomic E-state index is 12.1. The lowest BCUT2D eigenvalue weighted by Crippen LogP contribution is -2.42. The number of aryl methyl sites for hydroxylation is 2. The van der Waals surface area contributed by atoms with Crippen LogP contribution in [0, 0.1) is 25.2 Å². The van der Waals surface area contributed by atoms with Gasteiger partial charge in [0.2, 0.25) is 0 Å². The molecule has 128 valence electrons. The fourth-order valence-electron chi connectivity index (χ4n) is 2.22. The van der Waals surface area contributed by atoms with Crippen LogP contribution < -0.4 is 15.4 Å². The van der Waals surface area contributed by atoms with Crippen LogP contribution in [-0.2, 0) is 4.79 Å². The fourth-order valence-corrected chi connectivity index (χ4v) is 2.22. The van der Waals surface area contributed by atoms with Gasteiger partial charge in [0.1, 0.15) is 5.75 Å². The molecule has 0 unspecified atom stereocenters. The van der Waals surface area contributed by atoms with Crippen LogP contribution in [0.3, 0.4) is 0 Å². The molecule has 0 bridgehead atoms. The Labute approximate surface area is 146 Å². The SMILES string of the molecule is Cc1ccc(NC(=O)NC(=O)[C@@H](C)Oc2cccc(C#N)c2)c(C)c1. The molecule has 2 rings (SSSR count). The lowest BCUT2D eigenvalue weighted by Gasteiger charge is -2.15. The number of carbonyl (C=O) groups excluding carboxylic acids is 2. The predicted molar refractivity (Wildman–Crippen MR) is 94.3 cm³/mol. The molecule has 0 aliphatic heterocycles. The summed E-state index contributed by atoms with van der Waals surface area (Å²) in [5.74, 6) is -0.193. The number of nitrogens with one attached hydrogen (secondary N) is 2. The average molecular weight is 337 g/mol. The largest absolute Gasteiger partial charge is 0.481 e. The summed E-state index contributed by atoms with van der Waals surface area (Å²) in [6.45, 7) is 5.36. The van der Waals surface area contributed by atoms with Gasteiger partial charge in [-0.1, -0.05) is 23.8 Å². The van der Waals surface area contributed by atoms with Crippen LogP contribution in [-0.4, -0.2) is 18.0 Å². The highest BCUT2D eigenvalue weighted by molar-refractivity contribution is 6.02. The lowest BCUT2D eigenvalue weighted by atomic mass is 10.1. The van der Waals surface area contributed by atoms with E-state index in [1.165, 1.54) is 13.0 Å². The lowest BCUT2D eigenvalue weighted by molar-refractivity contribution is -0.126. The summed E-state index contributed by atoms with van der Waals surface area (Å²) in [6.07, 6.45) is -0.890. The van der Waals surface area contributed by atoms with Crippen molar-refractivity contribution in [2.24, 2.45) is 0 Å². The Balaban J connectivity index is 1.93. The van der Waals surface area contributed by atoms with Crippen LogP contribution in [0.2, 0.25) is 0 Å². The topological polar surface area (TPSA) is 91.2 Å². The molecule has 25 heavy (non-hydrogen) atoms. The molecule has 6 nitrogen and oxygen atoms in total. The van der Waals surface area contributed by atoms with Crippen LogP contribution in [0.25, 0.3) is 0 Å². The van der Waals surface area contributed by atoms with Crippen molar-refractivity contribution >= 4 is 17.6 Å². The Morgan fingerprint density at radius 1 is 1.16 bits per heavy atom. The Morgan fingerprint density at radius 3 is 2.60 bits per heavy atom. The molecular formula is C19H19N3O3. The Kier molecular flexibility index (Phi) is 5.75. The van der Waals surface area contributed by atoms with Gasteiger partial charge in [0.05, 0.1) is 11.6 Å². The first-order valence-electron chi connectivity index (χ1n) is 7.75. The second-order valence-corrected chi connectivity index (χ2v) is 5.66. The van der Waals surface area contributed by atoms with Crippen molar-refractivity contribution < 1.29 is 14.3 Å². The summed E-state index contributed by atoms with van der Waals surface area (Å²) in [5, 5.41) is 13.7. The summed E-state index contributed by atoms with van der Waals surface area (Å²) in [5.41, 5.74) is 3.05. The first kappa shape index (κ1) is 18.0. The van der Waals surface area contributed by atoms with Gasteiger partial charge in [0, 0.05) is 5.69 Å². The number of urea groups is 1. The minimum Gasteiger partial charge on any atom is -0.481 e. The molecule has 0 saturated heterocycles. The van der Waals surface area contributed by atoms with Gasteiger partial charge in [-0.3, -0.25) is 10.1 Å². The Bertz CT molecular complexity index is 840. The van der Waals surface area contributed by atoms with Gasteiger partial charge < -0.3 is 10.1 Å². The number of hydrogen-bond donors (Lipinski definition) is 2. The van der Waals surface area contributed by atoms with E-state index in [1.807, 2.05) is 32.0 Å². The Hall–Kier alpha value is -3.33. The molecule has 2 aromatic carbocycles. The fraction of sp³-hybridized carbons (Fsp3) is 0.211. The normalized spacial score (nSPS) is 11.1. The maximum Gasteiger partial charge on any atom is 0.325 e. The highest BCUT2D eigenvalue weighted by atomic mass is 16.5. The molecule has 1 atom stereocenters. The molecule has 3 amide bonds. The third kappa shape index (κ3) is 5.08. The van der Waals surface area contributed by atoms with Crippen molar-refractivity contribution in [3.8, 4) is 11.8 Å². The molecule has 0 radical (unpaired) electrons. The van der Waals surface area contributed by atoms with E-state index in [-0.39, 0.29) is 0 Å². The molecule has 6 heteroatoms. The molecule has 0 heterocycles. The molecule has 2 aromatic rings. The zero-order valence-corrected chi connectivity index (χ0v) is 14.3. The number of ether oxygens (including phenoxy) is 1.